The Morgan fingerprint density at radius 2 is 2.30 bits per heavy atom. The van der Waals surface area contributed by atoms with E-state index in [4.69, 9.17) is 9.72 Å². The van der Waals surface area contributed by atoms with Gasteiger partial charge in [0.15, 0.2) is 5.13 Å². The van der Waals surface area contributed by atoms with Crippen molar-refractivity contribution in [2.45, 2.75) is 59.2 Å². The van der Waals surface area contributed by atoms with E-state index in [0.29, 0.717) is 12.1 Å². The first-order chi connectivity index (χ1) is 9.60. The molecule has 1 unspecified atom stereocenters. The Balaban J connectivity index is 2.10. The Morgan fingerprint density at radius 3 is 3.00 bits per heavy atom. The molecule has 0 bridgehead atoms. The zero-order chi connectivity index (χ0) is 14.5. The van der Waals surface area contributed by atoms with Gasteiger partial charge in [-0.25, -0.2) is 4.98 Å². The number of aryl methyl sites for hydroxylation is 1. The first kappa shape index (κ1) is 15.7. The first-order valence-electron chi connectivity index (χ1n) is 7.68. The second-order valence-electron chi connectivity index (χ2n) is 5.74. The maximum atomic E-state index is 5.72. The highest BCUT2D eigenvalue weighted by molar-refractivity contribution is 7.15. The van der Waals surface area contributed by atoms with E-state index in [2.05, 4.69) is 37.9 Å². The summed E-state index contributed by atoms with van der Waals surface area (Å²) < 4.78 is 5.72. The third kappa shape index (κ3) is 4.17. The van der Waals surface area contributed by atoms with Crippen LogP contribution in [-0.2, 0) is 17.7 Å². The molecule has 1 saturated heterocycles. The van der Waals surface area contributed by atoms with Gasteiger partial charge in [0.2, 0.25) is 0 Å². The molecule has 5 heteroatoms. The Bertz CT molecular complexity index is 419. The van der Waals surface area contributed by atoms with Gasteiger partial charge in [-0.2, -0.15) is 0 Å². The van der Waals surface area contributed by atoms with Gasteiger partial charge in [0.25, 0.3) is 0 Å². The summed E-state index contributed by atoms with van der Waals surface area (Å²) in [6, 6.07) is 0.511. The van der Waals surface area contributed by atoms with E-state index in [1.165, 1.54) is 15.7 Å². The molecule has 114 valence electrons. The zero-order valence-electron chi connectivity index (χ0n) is 13.1. The standard InChI is InChI=1S/C15H27N3OS/c1-5-13-14(9-16-11(2)3)20-15(17-13)18-7-6-8-19-12(4)10-18/h11-12,16H,5-10H2,1-4H3. The highest BCUT2D eigenvalue weighted by Crippen LogP contribution is 2.28. The fraction of sp³-hybridized carbons (Fsp3) is 0.800. The van der Waals surface area contributed by atoms with Crippen molar-refractivity contribution in [1.29, 1.82) is 0 Å². The van der Waals surface area contributed by atoms with Crippen LogP contribution in [0.15, 0.2) is 0 Å². The average molecular weight is 297 g/mol. The molecule has 0 spiro atoms. The Morgan fingerprint density at radius 1 is 1.50 bits per heavy atom. The van der Waals surface area contributed by atoms with Crippen molar-refractivity contribution < 1.29 is 4.74 Å². The molecule has 2 rings (SSSR count). The summed E-state index contributed by atoms with van der Waals surface area (Å²) in [5.41, 5.74) is 1.25. The summed E-state index contributed by atoms with van der Waals surface area (Å²) in [5.74, 6) is 0. The van der Waals surface area contributed by atoms with Gasteiger partial charge in [0.1, 0.15) is 0 Å². The molecule has 0 amide bonds. The minimum Gasteiger partial charge on any atom is -0.377 e. The third-order valence-electron chi connectivity index (χ3n) is 3.50. The number of hydrogen-bond donors (Lipinski definition) is 1. The van der Waals surface area contributed by atoms with E-state index >= 15 is 0 Å². The Labute approximate surface area is 126 Å². The van der Waals surface area contributed by atoms with Crippen molar-refractivity contribution in [3.63, 3.8) is 0 Å². The van der Waals surface area contributed by atoms with Gasteiger partial charge in [0, 0.05) is 37.2 Å². The van der Waals surface area contributed by atoms with Gasteiger partial charge in [0.05, 0.1) is 11.8 Å². The summed E-state index contributed by atoms with van der Waals surface area (Å²) in [5, 5.41) is 4.67. The van der Waals surface area contributed by atoms with E-state index in [0.717, 1.165) is 39.1 Å². The fourth-order valence-electron chi connectivity index (χ4n) is 2.38. The number of thiazole rings is 1. The lowest BCUT2D eigenvalue weighted by molar-refractivity contribution is 0.0821. The maximum Gasteiger partial charge on any atom is 0.185 e. The number of nitrogens with zero attached hydrogens (tertiary/aromatic N) is 2. The molecule has 4 nitrogen and oxygen atoms in total. The number of aromatic nitrogens is 1. The predicted molar refractivity (Wildman–Crippen MR) is 85.7 cm³/mol. The number of nitrogens with one attached hydrogen (secondary N) is 1. The predicted octanol–water partition coefficient (Wildman–Crippen LogP) is 2.82. The molecule has 0 radical (unpaired) electrons. The van der Waals surface area contributed by atoms with Crippen LogP contribution in [0.1, 0.15) is 44.7 Å². The van der Waals surface area contributed by atoms with Crippen molar-refractivity contribution in [2.24, 2.45) is 0 Å². The van der Waals surface area contributed by atoms with Crippen LogP contribution in [0.4, 0.5) is 5.13 Å². The van der Waals surface area contributed by atoms with Gasteiger partial charge in [-0.05, 0) is 19.8 Å². The van der Waals surface area contributed by atoms with Crippen LogP contribution >= 0.6 is 11.3 Å². The Kier molecular flexibility index (Phi) is 5.81. The highest BCUT2D eigenvalue weighted by atomic mass is 32.1. The monoisotopic (exact) mass is 297 g/mol. The van der Waals surface area contributed by atoms with Gasteiger partial charge in [-0.15, -0.1) is 11.3 Å². The number of hydrogen-bond acceptors (Lipinski definition) is 5. The normalized spacial score (nSPS) is 20.4. The molecule has 1 aromatic heterocycles. The molecular formula is C15H27N3OS. The highest BCUT2D eigenvalue weighted by Gasteiger charge is 2.20. The molecule has 1 aliphatic rings. The van der Waals surface area contributed by atoms with Crippen LogP contribution in [0.2, 0.25) is 0 Å². The van der Waals surface area contributed by atoms with Crippen LogP contribution in [0.3, 0.4) is 0 Å². The van der Waals surface area contributed by atoms with E-state index in [1.807, 2.05) is 11.3 Å². The maximum absolute atomic E-state index is 5.72. The molecule has 1 fully saturated rings. The topological polar surface area (TPSA) is 37.4 Å². The van der Waals surface area contributed by atoms with E-state index in [1.54, 1.807) is 0 Å². The summed E-state index contributed by atoms with van der Waals surface area (Å²) in [6.07, 6.45) is 2.39. The van der Waals surface area contributed by atoms with Crippen molar-refractivity contribution in [3.8, 4) is 0 Å². The first-order valence-corrected chi connectivity index (χ1v) is 8.50. The molecule has 1 aromatic rings. The van der Waals surface area contributed by atoms with Crippen molar-refractivity contribution >= 4 is 16.5 Å². The second-order valence-corrected chi connectivity index (χ2v) is 6.80. The van der Waals surface area contributed by atoms with Gasteiger partial charge in [-0.1, -0.05) is 20.8 Å². The molecule has 1 N–H and O–H groups in total. The van der Waals surface area contributed by atoms with Gasteiger partial charge < -0.3 is 15.0 Å². The van der Waals surface area contributed by atoms with Crippen molar-refractivity contribution in [3.05, 3.63) is 10.6 Å². The summed E-state index contributed by atoms with van der Waals surface area (Å²) in [7, 11) is 0. The molecule has 20 heavy (non-hydrogen) atoms. The lowest BCUT2D eigenvalue weighted by Gasteiger charge is -2.20. The minimum atomic E-state index is 0.295. The van der Waals surface area contributed by atoms with Crippen LogP contribution in [0.25, 0.3) is 0 Å². The lowest BCUT2D eigenvalue weighted by Crippen LogP contribution is -2.29. The summed E-state index contributed by atoms with van der Waals surface area (Å²) >= 11 is 1.84. The summed E-state index contributed by atoms with van der Waals surface area (Å²) in [6.45, 7) is 12.5. The second kappa shape index (κ2) is 7.38. The van der Waals surface area contributed by atoms with Crippen molar-refractivity contribution in [1.82, 2.24) is 10.3 Å². The smallest absolute Gasteiger partial charge is 0.185 e. The van der Waals surface area contributed by atoms with Crippen LogP contribution < -0.4 is 10.2 Å². The van der Waals surface area contributed by atoms with E-state index in [9.17, 15) is 0 Å². The largest absolute Gasteiger partial charge is 0.377 e. The number of rotatable bonds is 5. The number of ether oxygens (including phenoxy) is 1. The average Bonchev–Trinajstić information content (AvgIpc) is 2.71. The van der Waals surface area contributed by atoms with Crippen LogP contribution in [0, 0.1) is 0 Å². The van der Waals surface area contributed by atoms with Gasteiger partial charge in [-0.3, -0.25) is 0 Å². The summed E-state index contributed by atoms with van der Waals surface area (Å²) in [4.78, 5) is 8.63. The molecule has 1 aliphatic heterocycles. The van der Waals surface area contributed by atoms with Crippen LogP contribution in [0.5, 0.6) is 0 Å². The van der Waals surface area contributed by atoms with Crippen LogP contribution in [-0.4, -0.2) is 36.8 Å². The SMILES string of the molecule is CCc1nc(N2CCCOC(C)C2)sc1CNC(C)C. The fourth-order valence-corrected chi connectivity index (χ4v) is 3.52. The van der Waals surface area contributed by atoms with Gasteiger partial charge >= 0.3 is 0 Å². The third-order valence-corrected chi connectivity index (χ3v) is 4.65. The molecule has 0 aromatic carbocycles. The lowest BCUT2D eigenvalue weighted by atomic mass is 10.3. The van der Waals surface area contributed by atoms with E-state index < -0.39 is 0 Å². The molecule has 0 saturated carbocycles. The zero-order valence-corrected chi connectivity index (χ0v) is 13.9. The van der Waals surface area contributed by atoms with Crippen molar-refractivity contribution in [2.75, 3.05) is 24.6 Å². The molecule has 1 atom stereocenters. The molecule has 2 heterocycles. The minimum absolute atomic E-state index is 0.295. The van der Waals surface area contributed by atoms with E-state index in [-0.39, 0.29) is 0 Å². The quantitative estimate of drug-likeness (QED) is 0.907. The molecule has 0 aliphatic carbocycles. The Hall–Kier alpha value is -0.650. The molecular weight excluding hydrogens is 270 g/mol. The number of anilines is 1.